The normalized spacial score (nSPS) is 11.6. The van der Waals surface area contributed by atoms with Gasteiger partial charge in [-0.25, -0.2) is 0 Å². The second-order valence-electron chi connectivity index (χ2n) is 6.09. The zero-order valence-electron chi connectivity index (χ0n) is 14.6. The summed E-state index contributed by atoms with van der Waals surface area (Å²) in [5.74, 6) is 0.491. The molecule has 0 bridgehead atoms. The maximum absolute atomic E-state index is 12.5. The van der Waals surface area contributed by atoms with E-state index in [4.69, 9.17) is 9.15 Å². The van der Waals surface area contributed by atoms with Crippen LogP contribution in [0.5, 0.6) is 5.75 Å². The molecular formula is C20H18F3NO3. The van der Waals surface area contributed by atoms with Crippen LogP contribution in [0.25, 0.3) is 11.0 Å². The number of benzene rings is 2. The summed E-state index contributed by atoms with van der Waals surface area (Å²) in [7, 11) is 1.56. The first-order chi connectivity index (χ1) is 12.9. The average Bonchev–Trinajstić information content (AvgIpc) is 3.03. The van der Waals surface area contributed by atoms with Crippen molar-refractivity contribution in [2.45, 2.75) is 19.0 Å². The number of carbonyl (C=O) groups excluding carboxylic acids is 1. The minimum atomic E-state index is -4.34. The Morgan fingerprint density at radius 2 is 1.89 bits per heavy atom. The van der Waals surface area contributed by atoms with Gasteiger partial charge in [-0.1, -0.05) is 12.1 Å². The Bertz CT molecular complexity index is 930. The van der Waals surface area contributed by atoms with Gasteiger partial charge in [0.05, 0.1) is 25.4 Å². The molecule has 1 aromatic heterocycles. The summed E-state index contributed by atoms with van der Waals surface area (Å²) in [5.41, 5.74) is 1.45. The number of rotatable bonds is 6. The van der Waals surface area contributed by atoms with E-state index in [1.165, 1.54) is 12.1 Å². The van der Waals surface area contributed by atoms with E-state index in [1.807, 2.05) is 6.07 Å². The third-order valence-corrected chi connectivity index (χ3v) is 4.23. The molecule has 27 heavy (non-hydrogen) atoms. The third-order valence-electron chi connectivity index (χ3n) is 4.23. The lowest BCUT2D eigenvalue weighted by atomic mass is 10.1. The molecule has 0 saturated heterocycles. The molecule has 2 aromatic carbocycles. The predicted octanol–water partition coefficient (Wildman–Crippen LogP) is 4.36. The lowest BCUT2D eigenvalue weighted by Gasteiger charge is -2.08. The smallest absolute Gasteiger partial charge is 0.416 e. The van der Waals surface area contributed by atoms with Crippen molar-refractivity contribution >= 4 is 16.9 Å². The summed E-state index contributed by atoms with van der Waals surface area (Å²) in [6.45, 7) is 0.341. The van der Waals surface area contributed by atoms with E-state index >= 15 is 0 Å². The summed E-state index contributed by atoms with van der Waals surface area (Å²) in [6, 6.07) is 10.3. The molecule has 0 radical (unpaired) electrons. The van der Waals surface area contributed by atoms with E-state index in [1.54, 1.807) is 25.5 Å². The highest BCUT2D eigenvalue weighted by Gasteiger charge is 2.29. The number of hydrogen-bond donors (Lipinski definition) is 1. The first-order valence-electron chi connectivity index (χ1n) is 8.34. The number of nitrogens with one attached hydrogen (secondary N) is 1. The summed E-state index contributed by atoms with van der Waals surface area (Å²) >= 11 is 0. The molecule has 7 heteroatoms. The Hall–Kier alpha value is -2.96. The van der Waals surface area contributed by atoms with Crippen LogP contribution in [0.3, 0.4) is 0 Å². The molecule has 0 unspecified atom stereocenters. The number of ether oxygens (including phenoxy) is 1. The minimum Gasteiger partial charge on any atom is -0.497 e. The number of methoxy groups -OCH3 is 1. The van der Waals surface area contributed by atoms with E-state index in [-0.39, 0.29) is 12.3 Å². The van der Waals surface area contributed by atoms with Crippen molar-refractivity contribution in [3.8, 4) is 5.75 Å². The second kappa shape index (κ2) is 7.73. The molecule has 1 heterocycles. The summed E-state index contributed by atoms with van der Waals surface area (Å²) < 4.78 is 48.2. The molecule has 3 aromatic rings. The van der Waals surface area contributed by atoms with Gasteiger partial charge in [0.25, 0.3) is 0 Å². The molecule has 142 valence electrons. The Balaban J connectivity index is 1.53. The van der Waals surface area contributed by atoms with Crippen LogP contribution in [-0.4, -0.2) is 19.6 Å². The van der Waals surface area contributed by atoms with Gasteiger partial charge >= 0.3 is 6.18 Å². The van der Waals surface area contributed by atoms with Crippen molar-refractivity contribution in [3.05, 3.63) is 65.4 Å². The quantitative estimate of drug-likeness (QED) is 0.694. The number of fused-ring (bicyclic) bond motifs is 1. The van der Waals surface area contributed by atoms with Crippen molar-refractivity contribution in [2.75, 3.05) is 13.7 Å². The summed E-state index contributed by atoms with van der Waals surface area (Å²) in [6.07, 6.45) is -2.19. The van der Waals surface area contributed by atoms with Crippen molar-refractivity contribution < 1.29 is 27.1 Å². The number of alkyl halides is 3. The van der Waals surface area contributed by atoms with Gasteiger partial charge in [0.15, 0.2) is 0 Å². The van der Waals surface area contributed by atoms with Crippen molar-refractivity contribution in [3.63, 3.8) is 0 Å². The van der Waals surface area contributed by atoms with Crippen LogP contribution in [0, 0.1) is 0 Å². The molecular weight excluding hydrogens is 359 g/mol. The van der Waals surface area contributed by atoms with E-state index in [0.29, 0.717) is 24.3 Å². The standard InChI is InChI=1S/C20H18F3NO3/c1-26-16-6-7-17-14(12-27-18(17)11-16)10-19(25)24-9-8-13-2-4-15(5-3-13)20(21,22)23/h2-7,11-12H,8-10H2,1H3,(H,24,25). The van der Waals surface area contributed by atoms with Crippen LogP contribution in [0.15, 0.2) is 53.1 Å². The van der Waals surface area contributed by atoms with Crippen LogP contribution in [0.1, 0.15) is 16.7 Å². The van der Waals surface area contributed by atoms with Crippen molar-refractivity contribution in [1.29, 1.82) is 0 Å². The number of hydrogen-bond acceptors (Lipinski definition) is 3. The number of amides is 1. The van der Waals surface area contributed by atoms with Gasteiger partial charge in [0, 0.05) is 23.6 Å². The monoisotopic (exact) mass is 377 g/mol. The van der Waals surface area contributed by atoms with Crippen LogP contribution < -0.4 is 10.1 Å². The predicted molar refractivity (Wildman–Crippen MR) is 94.6 cm³/mol. The van der Waals surface area contributed by atoms with E-state index in [2.05, 4.69) is 5.32 Å². The highest BCUT2D eigenvalue weighted by Crippen LogP contribution is 2.29. The summed E-state index contributed by atoms with van der Waals surface area (Å²) in [5, 5.41) is 3.62. The lowest BCUT2D eigenvalue weighted by Crippen LogP contribution is -2.27. The maximum Gasteiger partial charge on any atom is 0.416 e. The van der Waals surface area contributed by atoms with Gasteiger partial charge in [-0.2, -0.15) is 13.2 Å². The van der Waals surface area contributed by atoms with Gasteiger partial charge in [-0.05, 0) is 36.2 Å². The molecule has 0 spiro atoms. The number of furan rings is 1. The third kappa shape index (κ3) is 4.61. The zero-order valence-corrected chi connectivity index (χ0v) is 14.6. The lowest BCUT2D eigenvalue weighted by molar-refractivity contribution is -0.137. The fraction of sp³-hybridized carbons (Fsp3) is 0.250. The average molecular weight is 377 g/mol. The molecule has 0 atom stereocenters. The van der Waals surface area contributed by atoms with Gasteiger partial charge in [0.2, 0.25) is 5.91 Å². The molecule has 1 amide bonds. The fourth-order valence-electron chi connectivity index (χ4n) is 2.77. The highest BCUT2D eigenvalue weighted by molar-refractivity contribution is 5.88. The molecule has 0 fully saturated rings. The largest absolute Gasteiger partial charge is 0.497 e. The van der Waals surface area contributed by atoms with Gasteiger partial charge in [-0.15, -0.1) is 0 Å². The molecule has 0 aliphatic heterocycles. The molecule has 0 saturated carbocycles. The number of halogens is 3. The second-order valence-corrected chi connectivity index (χ2v) is 6.09. The molecule has 1 N–H and O–H groups in total. The highest BCUT2D eigenvalue weighted by atomic mass is 19.4. The topological polar surface area (TPSA) is 51.5 Å². The Morgan fingerprint density at radius 1 is 1.15 bits per heavy atom. The molecule has 4 nitrogen and oxygen atoms in total. The van der Waals surface area contributed by atoms with Crippen LogP contribution in [0.2, 0.25) is 0 Å². The van der Waals surface area contributed by atoms with E-state index < -0.39 is 11.7 Å². The van der Waals surface area contributed by atoms with Crippen LogP contribution >= 0.6 is 0 Å². The Kier molecular flexibility index (Phi) is 5.39. The van der Waals surface area contributed by atoms with Gasteiger partial charge < -0.3 is 14.5 Å². The molecule has 0 aliphatic carbocycles. The van der Waals surface area contributed by atoms with Crippen molar-refractivity contribution in [2.24, 2.45) is 0 Å². The first kappa shape index (κ1) is 18.8. The van der Waals surface area contributed by atoms with Crippen LogP contribution in [0.4, 0.5) is 13.2 Å². The van der Waals surface area contributed by atoms with E-state index in [9.17, 15) is 18.0 Å². The minimum absolute atomic E-state index is 0.159. The number of carbonyl (C=O) groups is 1. The van der Waals surface area contributed by atoms with Gasteiger partial charge in [-0.3, -0.25) is 4.79 Å². The maximum atomic E-state index is 12.5. The fourth-order valence-corrected chi connectivity index (χ4v) is 2.77. The molecule has 0 aliphatic rings. The summed E-state index contributed by atoms with van der Waals surface area (Å²) in [4.78, 5) is 12.1. The zero-order chi connectivity index (χ0) is 19.4. The Labute approximate surface area is 153 Å². The van der Waals surface area contributed by atoms with Gasteiger partial charge in [0.1, 0.15) is 11.3 Å². The SMILES string of the molecule is COc1ccc2c(CC(=O)NCCc3ccc(C(F)(F)F)cc3)coc2c1. The molecule has 3 rings (SSSR count). The van der Waals surface area contributed by atoms with E-state index in [0.717, 1.165) is 28.6 Å². The van der Waals surface area contributed by atoms with Crippen molar-refractivity contribution in [1.82, 2.24) is 5.32 Å². The van der Waals surface area contributed by atoms with Crippen LogP contribution in [-0.2, 0) is 23.8 Å². The first-order valence-corrected chi connectivity index (χ1v) is 8.34. The Morgan fingerprint density at radius 3 is 2.56 bits per heavy atom.